The highest BCUT2D eigenvalue weighted by Gasteiger charge is 1.96. The van der Waals surface area contributed by atoms with Gasteiger partial charge in [0.05, 0.1) is 0 Å². The summed E-state index contributed by atoms with van der Waals surface area (Å²) in [5, 5.41) is 3.04. The molecule has 1 aromatic carbocycles. The molecular weight excluding hydrogens is 246 g/mol. The van der Waals surface area contributed by atoms with E-state index >= 15 is 0 Å². The van der Waals surface area contributed by atoms with E-state index in [1.807, 2.05) is 25.2 Å². The molecule has 0 heterocycles. The molecule has 0 aromatic heterocycles. The number of halogens is 2. The molecule has 0 saturated heterocycles. The molecule has 11 heavy (non-hydrogen) atoms. The van der Waals surface area contributed by atoms with Gasteiger partial charge in [-0.2, -0.15) is 0 Å². The fourth-order valence-electron chi connectivity index (χ4n) is 0.752. The van der Waals surface area contributed by atoms with Crippen LogP contribution in [0.25, 0.3) is 0 Å². The maximum absolute atomic E-state index is 5.60. The Morgan fingerprint density at radius 1 is 1.45 bits per heavy atom. The molecule has 0 bridgehead atoms. The predicted octanol–water partition coefficient (Wildman–Crippen LogP) is 3.74. The minimum atomic E-state index is 1.03. The molecule has 1 nitrogen and oxygen atoms in total. The number of hydrogen-bond donors (Lipinski definition) is 1. The monoisotopic (exact) mass is 251 g/mol. The Kier molecular flexibility index (Phi) is 3.55. The second kappa shape index (κ2) is 4.24. The number of anilines is 1. The number of rotatable bonds is 2. The topological polar surface area (TPSA) is 12.0 Å². The Hall–Kier alpha value is 0.140. The quantitative estimate of drug-likeness (QED) is 0.861. The van der Waals surface area contributed by atoms with E-state index in [-0.39, 0.29) is 0 Å². The van der Waals surface area contributed by atoms with Crippen molar-refractivity contribution in [1.82, 2.24) is 0 Å². The van der Waals surface area contributed by atoms with Crippen molar-refractivity contribution in [3.8, 4) is 0 Å². The Morgan fingerprint density at radius 3 is 2.73 bits per heavy atom. The average Bonchev–Trinajstić information content (AvgIpc) is 2.03. The molecule has 0 atom stereocenters. The summed E-state index contributed by atoms with van der Waals surface area (Å²) < 4.78 is 1.03. The third kappa shape index (κ3) is 2.58. The van der Waals surface area contributed by atoms with Crippen molar-refractivity contribution in [3.05, 3.63) is 22.7 Å². The summed E-state index contributed by atoms with van der Waals surface area (Å²) in [5.74, 6) is 0. The Balaban J connectivity index is 3.02. The normalized spacial score (nSPS) is 9.73. The van der Waals surface area contributed by atoms with Crippen molar-refractivity contribution < 1.29 is 0 Å². The highest BCUT2D eigenvalue weighted by atomic mass is 79.9. The molecule has 0 spiro atoms. The first kappa shape index (κ1) is 9.23. The molecular formula is C7H7BrClNS. The van der Waals surface area contributed by atoms with Gasteiger partial charge in [0, 0.05) is 22.1 Å². The lowest BCUT2D eigenvalue weighted by atomic mass is 10.3. The van der Waals surface area contributed by atoms with E-state index in [0.717, 1.165) is 15.1 Å². The first-order valence-corrected chi connectivity index (χ1v) is 5.47. The minimum absolute atomic E-state index is 1.03. The van der Waals surface area contributed by atoms with Crippen LogP contribution in [-0.4, -0.2) is 7.05 Å². The van der Waals surface area contributed by atoms with Crippen molar-refractivity contribution in [2.75, 3.05) is 12.4 Å². The molecule has 1 rings (SSSR count). The highest BCUT2D eigenvalue weighted by molar-refractivity contribution is 9.10. The molecule has 0 fully saturated rings. The molecule has 1 aromatic rings. The van der Waals surface area contributed by atoms with Gasteiger partial charge in [-0.05, 0) is 39.9 Å². The summed E-state index contributed by atoms with van der Waals surface area (Å²) in [5.41, 5.74) is 1.06. The van der Waals surface area contributed by atoms with Crippen molar-refractivity contribution in [1.29, 1.82) is 0 Å². The summed E-state index contributed by atoms with van der Waals surface area (Å²) in [7, 11) is 8.69. The van der Waals surface area contributed by atoms with Crippen LogP contribution in [0, 0.1) is 0 Å². The van der Waals surface area contributed by atoms with Crippen molar-refractivity contribution in [2.45, 2.75) is 4.90 Å². The lowest BCUT2D eigenvalue weighted by molar-refractivity contribution is 1.40. The molecule has 0 unspecified atom stereocenters. The summed E-state index contributed by atoms with van der Waals surface area (Å²) >= 11 is 3.38. The van der Waals surface area contributed by atoms with Gasteiger partial charge >= 0.3 is 0 Å². The van der Waals surface area contributed by atoms with Crippen LogP contribution in [0.1, 0.15) is 0 Å². The van der Waals surface area contributed by atoms with Crippen LogP contribution in [0.4, 0.5) is 5.69 Å². The van der Waals surface area contributed by atoms with Crippen LogP contribution >= 0.6 is 37.6 Å². The van der Waals surface area contributed by atoms with Crippen LogP contribution in [0.5, 0.6) is 0 Å². The van der Waals surface area contributed by atoms with Crippen molar-refractivity contribution >= 4 is 43.3 Å². The largest absolute Gasteiger partial charge is 0.388 e. The van der Waals surface area contributed by atoms with Gasteiger partial charge in [-0.3, -0.25) is 0 Å². The van der Waals surface area contributed by atoms with E-state index in [9.17, 15) is 0 Å². The van der Waals surface area contributed by atoms with Crippen molar-refractivity contribution in [3.63, 3.8) is 0 Å². The van der Waals surface area contributed by atoms with Gasteiger partial charge in [0.1, 0.15) is 0 Å². The van der Waals surface area contributed by atoms with Gasteiger partial charge in [0.25, 0.3) is 0 Å². The van der Waals surface area contributed by atoms with Crippen LogP contribution in [0.2, 0.25) is 0 Å². The number of hydrogen-bond acceptors (Lipinski definition) is 2. The highest BCUT2D eigenvalue weighted by Crippen LogP contribution is 2.28. The zero-order valence-electron chi connectivity index (χ0n) is 5.90. The van der Waals surface area contributed by atoms with Gasteiger partial charge in [-0.15, -0.1) is 0 Å². The van der Waals surface area contributed by atoms with Gasteiger partial charge < -0.3 is 5.32 Å². The Morgan fingerprint density at radius 2 is 2.18 bits per heavy atom. The van der Waals surface area contributed by atoms with E-state index in [1.165, 1.54) is 11.0 Å². The molecule has 0 radical (unpaired) electrons. The lowest BCUT2D eigenvalue weighted by Gasteiger charge is -2.02. The summed E-state index contributed by atoms with van der Waals surface area (Å²) in [6.45, 7) is 0. The Labute approximate surface area is 83.1 Å². The summed E-state index contributed by atoms with van der Waals surface area (Å²) in [6.07, 6.45) is 0. The molecule has 0 amide bonds. The maximum Gasteiger partial charge on any atom is 0.0360 e. The average molecular weight is 253 g/mol. The van der Waals surface area contributed by atoms with E-state index in [4.69, 9.17) is 10.7 Å². The van der Waals surface area contributed by atoms with E-state index in [1.54, 1.807) is 0 Å². The summed E-state index contributed by atoms with van der Waals surface area (Å²) in [4.78, 5) is 1.03. The van der Waals surface area contributed by atoms with Gasteiger partial charge in [0.15, 0.2) is 0 Å². The second-order valence-electron chi connectivity index (χ2n) is 2.00. The lowest BCUT2D eigenvalue weighted by Crippen LogP contribution is -1.87. The third-order valence-electron chi connectivity index (χ3n) is 1.25. The molecule has 1 N–H and O–H groups in total. The van der Waals surface area contributed by atoms with Crippen LogP contribution < -0.4 is 5.32 Å². The fraction of sp³-hybridized carbons (Fsp3) is 0.143. The fourth-order valence-corrected chi connectivity index (χ4v) is 2.01. The zero-order valence-corrected chi connectivity index (χ0v) is 9.05. The molecule has 0 saturated carbocycles. The van der Waals surface area contributed by atoms with Gasteiger partial charge in [-0.25, -0.2) is 0 Å². The smallest absolute Gasteiger partial charge is 0.0360 e. The molecule has 0 aliphatic rings. The Bertz CT molecular complexity index is 232. The molecule has 60 valence electrons. The van der Waals surface area contributed by atoms with Crippen molar-refractivity contribution in [2.24, 2.45) is 0 Å². The molecule has 0 aliphatic heterocycles. The zero-order chi connectivity index (χ0) is 8.27. The van der Waals surface area contributed by atoms with E-state index in [2.05, 4.69) is 21.2 Å². The third-order valence-corrected chi connectivity index (χ3v) is 2.66. The SMILES string of the molecule is CNc1cc(Br)cc(SCl)c1. The van der Waals surface area contributed by atoms with Gasteiger partial charge in [0.2, 0.25) is 0 Å². The predicted molar refractivity (Wildman–Crippen MR) is 55.4 cm³/mol. The van der Waals surface area contributed by atoms with Crippen LogP contribution in [0.3, 0.4) is 0 Å². The summed E-state index contributed by atoms with van der Waals surface area (Å²) in [6, 6.07) is 5.96. The minimum Gasteiger partial charge on any atom is -0.388 e. The second-order valence-corrected chi connectivity index (χ2v) is 4.01. The van der Waals surface area contributed by atoms with E-state index in [0.29, 0.717) is 0 Å². The first-order chi connectivity index (χ1) is 5.26. The molecule has 4 heteroatoms. The maximum atomic E-state index is 5.60. The van der Waals surface area contributed by atoms with Gasteiger partial charge in [-0.1, -0.05) is 15.9 Å². The first-order valence-electron chi connectivity index (χ1n) is 3.03. The van der Waals surface area contributed by atoms with Crippen LogP contribution in [0.15, 0.2) is 27.6 Å². The molecule has 0 aliphatic carbocycles. The van der Waals surface area contributed by atoms with Crippen LogP contribution in [-0.2, 0) is 0 Å². The standard InChI is InChI=1S/C7H7BrClNS/c1-10-6-2-5(8)3-7(4-6)11-9/h2-4,10H,1H3. The number of nitrogens with one attached hydrogen (secondary N) is 1. The van der Waals surface area contributed by atoms with E-state index < -0.39 is 0 Å². The number of benzene rings is 1.